The molecule has 17 heavy (non-hydrogen) atoms. The largest absolute Gasteiger partial charge is 0.379 e. The van der Waals surface area contributed by atoms with Crippen LogP contribution >= 0.6 is 23.7 Å². The summed E-state index contributed by atoms with van der Waals surface area (Å²) in [7, 11) is 1.67. The third-order valence-corrected chi connectivity index (χ3v) is 3.97. The van der Waals surface area contributed by atoms with Gasteiger partial charge in [-0.1, -0.05) is 0 Å². The van der Waals surface area contributed by atoms with E-state index in [9.17, 15) is 4.79 Å². The second-order valence-corrected chi connectivity index (χ2v) is 5.26. The lowest BCUT2D eigenvalue weighted by molar-refractivity contribution is 0.0899. The fourth-order valence-corrected chi connectivity index (χ4v) is 3.01. The molecule has 0 saturated carbocycles. The molecule has 1 saturated heterocycles. The van der Waals surface area contributed by atoms with Gasteiger partial charge in [-0.15, -0.1) is 23.7 Å². The second kappa shape index (κ2) is 7.11. The molecule has 2 heterocycles. The van der Waals surface area contributed by atoms with Crippen molar-refractivity contribution in [1.82, 2.24) is 5.32 Å². The molecule has 1 aromatic rings. The van der Waals surface area contributed by atoms with E-state index < -0.39 is 0 Å². The molecule has 0 atom stereocenters. The maximum absolute atomic E-state index is 12.2. The Hall–Kier alpha value is -0.420. The van der Waals surface area contributed by atoms with Gasteiger partial charge < -0.3 is 10.1 Å². The number of Topliss-reactive ketones (excluding diaryl/α,β-unsaturated/α-hetero) is 1. The van der Waals surface area contributed by atoms with Crippen molar-refractivity contribution in [2.45, 2.75) is 19.4 Å². The third-order valence-electron chi connectivity index (χ3n) is 2.90. The van der Waals surface area contributed by atoms with Crippen LogP contribution in [0.3, 0.4) is 0 Å². The van der Waals surface area contributed by atoms with Crippen LogP contribution in [0, 0.1) is 5.92 Å². The van der Waals surface area contributed by atoms with Crippen LogP contribution in [-0.4, -0.2) is 26.0 Å². The standard InChI is InChI=1S/C12H17NO2S.ClH/c1-15-8-10-2-3-11(16-10)12(14)9-4-6-13-7-5-9;/h2-3,9,13H,4-8H2,1H3;1H. The quantitative estimate of drug-likeness (QED) is 0.858. The molecule has 0 amide bonds. The average molecular weight is 276 g/mol. The van der Waals surface area contributed by atoms with Crippen LogP contribution < -0.4 is 5.32 Å². The number of carbonyl (C=O) groups is 1. The number of rotatable bonds is 4. The Morgan fingerprint density at radius 2 is 2.18 bits per heavy atom. The summed E-state index contributed by atoms with van der Waals surface area (Å²) >= 11 is 1.56. The van der Waals surface area contributed by atoms with Crippen LogP contribution in [0.4, 0.5) is 0 Å². The van der Waals surface area contributed by atoms with E-state index in [0.717, 1.165) is 35.7 Å². The van der Waals surface area contributed by atoms with Crippen molar-refractivity contribution >= 4 is 29.5 Å². The van der Waals surface area contributed by atoms with Crippen molar-refractivity contribution in [2.75, 3.05) is 20.2 Å². The summed E-state index contributed by atoms with van der Waals surface area (Å²) in [6.45, 7) is 2.53. The molecule has 5 heteroatoms. The van der Waals surface area contributed by atoms with Gasteiger partial charge in [0.2, 0.25) is 0 Å². The molecular formula is C12H18ClNO2S. The Labute approximate surface area is 112 Å². The molecule has 1 fully saturated rings. The Balaban J connectivity index is 0.00000144. The molecule has 1 aliphatic rings. The zero-order valence-electron chi connectivity index (χ0n) is 9.90. The van der Waals surface area contributed by atoms with E-state index >= 15 is 0 Å². The minimum atomic E-state index is 0. The van der Waals surface area contributed by atoms with E-state index in [4.69, 9.17) is 4.74 Å². The summed E-state index contributed by atoms with van der Waals surface area (Å²) < 4.78 is 5.06. The Morgan fingerprint density at radius 1 is 1.47 bits per heavy atom. The van der Waals surface area contributed by atoms with Crippen LogP contribution in [-0.2, 0) is 11.3 Å². The van der Waals surface area contributed by atoms with Gasteiger partial charge in [-0.3, -0.25) is 4.79 Å². The summed E-state index contributed by atoms with van der Waals surface area (Å²) in [5, 5.41) is 3.28. The lowest BCUT2D eigenvalue weighted by Gasteiger charge is -2.20. The smallest absolute Gasteiger partial charge is 0.175 e. The first kappa shape index (κ1) is 14.6. The molecule has 0 radical (unpaired) electrons. The Morgan fingerprint density at radius 3 is 2.82 bits per heavy atom. The van der Waals surface area contributed by atoms with E-state index in [2.05, 4.69) is 5.32 Å². The van der Waals surface area contributed by atoms with Crippen LogP contribution in [0.1, 0.15) is 27.4 Å². The van der Waals surface area contributed by atoms with Crippen LogP contribution in [0.5, 0.6) is 0 Å². The predicted octanol–water partition coefficient (Wildman–Crippen LogP) is 2.50. The summed E-state index contributed by atoms with van der Waals surface area (Å²) in [6, 6.07) is 3.92. The fourth-order valence-electron chi connectivity index (χ4n) is 2.02. The molecule has 0 aliphatic carbocycles. The van der Waals surface area contributed by atoms with E-state index in [1.807, 2.05) is 12.1 Å². The molecule has 2 rings (SSSR count). The Kier molecular flexibility index (Phi) is 6.12. The molecule has 96 valence electrons. The van der Waals surface area contributed by atoms with Gasteiger partial charge in [0.15, 0.2) is 5.78 Å². The first-order valence-electron chi connectivity index (χ1n) is 5.64. The van der Waals surface area contributed by atoms with E-state index in [1.165, 1.54) is 0 Å². The maximum atomic E-state index is 12.2. The van der Waals surface area contributed by atoms with Crippen molar-refractivity contribution in [3.63, 3.8) is 0 Å². The zero-order valence-corrected chi connectivity index (χ0v) is 11.5. The number of ether oxygens (including phenoxy) is 1. The minimum absolute atomic E-state index is 0. The molecular weight excluding hydrogens is 258 g/mol. The van der Waals surface area contributed by atoms with Gasteiger partial charge in [-0.25, -0.2) is 0 Å². The molecule has 1 aromatic heterocycles. The molecule has 0 unspecified atom stereocenters. The van der Waals surface area contributed by atoms with Crippen LogP contribution in [0.2, 0.25) is 0 Å². The van der Waals surface area contributed by atoms with Gasteiger partial charge in [-0.2, -0.15) is 0 Å². The third kappa shape index (κ3) is 3.78. The molecule has 0 aromatic carbocycles. The summed E-state index contributed by atoms with van der Waals surface area (Å²) in [6.07, 6.45) is 1.94. The molecule has 3 nitrogen and oxygen atoms in total. The highest BCUT2D eigenvalue weighted by molar-refractivity contribution is 7.14. The second-order valence-electron chi connectivity index (χ2n) is 4.09. The topological polar surface area (TPSA) is 38.3 Å². The van der Waals surface area contributed by atoms with Gasteiger partial charge in [0.05, 0.1) is 11.5 Å². The van der Waals surface area contributed by atoms with E-state index in [1.54, 1.807) is 18.4 Å². The van der Waals surface area contributed by atoms with Gasteiger partial charge in [0, 0.05) is 17.9 Å². The normalized spacial score (nSPS) is 16.5. The summed E-state index contributed by atoms with van der Waals surface area (Å²) in [5.74, 6) is 0.532. The number of nitrogens with one attached hydrogen (secondary N) is 1. The van der Waals surface area contributed by atoms with Gasteiger partial charge in [0.1, 0.15) is 0 Å². The highest BCUT2D eigenvalue weighted by Crippen LogP contribution is 2.24. The van der Waals surface area contributed by atoms with Crippen molar-refractivity contribution in [3.05, 3.63) is 21.9 Å². The summed E-state index contributed by atoms with van der Waals surface area (Å²) in [4.78, 5) is 14.2. The number of carbonyl (C=O) groups excluding carboxylic acids is 1. The van der Waals surface area contributed by atoms with Gasteiger partial charge >= 0.3 is 0 Å². The number of thiophene rings is 1. The monoisotopic (exact) mass is 275 g/mol. The van der Waals surface area contributed by atoms with E-state index in [-0.39, 0.29) is 18.3 Å². The highest BCUT2D eigenvalue weighted by Gasteiger charge is 2.23. The first-order valence-corrected chi connectivity index (χ1v) is 6.45. The number of ketones is 1. The van der Waals surface area contributed by atoms with Crippen molar-refractivity contribution in [1.29, 1.82) is 0 Å². The molecule has 0 bridgehead atoms. The van der Waals surface area contributed by atoms with E-state index in [0.29, 0.717) is 12.4 Å². The highest BCUT2D eigenvalue weighted by atomic mass is 35.5. The fraction of sp³-hybridized carbons (Fsp3) is 0.583. The molecule has 0 spiro atoms. The Bertz CT molecular complexity index is 361. The van der Waals surface area contributed by atoms with Crippen molar-refractivity contribution in [3.8, 4) is 0 Å². The lowest BCUT2D eigenvalue weighted by atomic mass is 9.93. The number of piperidine rings is 1. The molecule has 1 aliphatic heterocycles. The first-order chi connectivity index (χ1) is 7.81. The van der Waals surface area contributed by atoms with Crippen molar-refractivity contribution < 1.29 is 9.53 Å². The van der Waals surface area contributed by atoms with Gasteiger partial charge in [-0.05, 0) is 38.1 Å². The molecule has 1 N–H and O–H groups in total. The van der Waals surface area contributed by atoms with Crippen molar-refractivity contribution in [2.24, 2.45) is 5.92 Å². The summed E-state index contributed by atoms with van der Waals surface area (Å²) in [5.41, 5.74) is 0. The average Bonchev–Trinajstić information content (AvgIpc) is 2.78. The number of methoxy groups -OCH3 is 1. The maximum Gasteiger partial charge on any atom is 0.175 e. The lowest BCUT2D eigenvalue weighted by Crippen LogP contribution is -2.31. The number of hydrogen-bond acceptors (Lipinski definition) is 4. The number of halogens is 1. The SMILES string of the molecule is COCc1ccc(C(=O)C2CCNCC2)s1.Cl. The van der Waals surface area contributed by atoms with Gasteiger partial charge in [0.25, 0.3) is 0 Å². The zero-order chi connectivity index (χ0) is 11.4. The van der Waals surface area contributed by atoms with Crippen LogP contribution in [0.25, 0.3) is 0 Å². The van der Waals surface area contributed by atoms with Crippen LogP contribution in [0.15, 0.2) is 12.1 Å². The predicted molar refractivity (Wildman–Crippen MR) is 72.2 cm³/mol. The minimum Gasteiger partial charge on any atom is -0.379 e. The number of hydrogen-bond donors (Lipinski definition) is 1.